The number of amides is 1. The van der Waals surface area contributed by atoms with Gasteiger partial charge in [0.05, 0.1) is 25.3 Å². The summed E-state index contributed by atoms with van der Waals surface area (Å²) in [6.07, 6.45) is 0.896. The second kappa shape index (κ2) is 8.89. The van der Waals surface area contributed by atoms with Gasteiger partial charge in [-0.25, -0.2) is 0 Å². The molecule has 7 heteroatoms. The van der Waals surface area contributed by atoms with Gasteiger partial charge in [-0.05, 0) is 43.0 Å². The van der Waals surface area contributed by atoms with Crippen molar-refractivity contribution in [2.45, 2.75) is 26.8 Å². The second-order valence-electron chi connectivity index (χ2n) is 6.36. The number of fused-ring (bicyclic) bond motifs is 1. The van der Waals surface area contributed by atoms with Gasteiger partial charge in [-0.15, -0.1) is 11.3 Å². The van der Waals surface area contributed by atoms with Gasteiger partial charge in [0.1, 0.15) is 17.6 Å². The van der Waals surface area contributed by atoms with E-state index in [0.717, 1.165) is 31.0 Å². The third-order valence-electron chi connectivity index (χ3n) is 4.50. The van der Waals surface area contributed by atoms with Crippen molar-refractivity contribution in [1.82, 2.24) is 0 Å². The normalized spacial score (nSPS) is 15.5. The number of nitrogens with zero attached hydrogens (tertiary/aromatic N) is 1. The van der Waals surface area contributed by atoms with E-state index in [2.05, 4.69) is 17.5 Å². The summed E-state index contributed by atoms with van der Waals surface area (Å²) < 4.78 is 11.4. The smallest absolute Gasteiger partial charge is 0.280 e. The molecule has 6 nitrogen and oxygen atoms in total. The number of carbonyl (C=O) groups excluding carboxylic acids is 1. The molecule has 1 atom stereocenters. The second-order valence-corrected chi connectivity index (χ2v) is 7.28. The van der Waals surface area contributed by atoms with Crippen LogP contribution in [0.25, 0.3) is 0 Å². The molecule has 3 rings (SSSR count). The van der Waals surface area contributed by atoms with Crippen LogP contribution in [0.3, 0.4) is 0 Å². The number of rotatable bonds is 7. The summed E-state index contributed by atoms with van der Waals surface area (Å²) in [5.74, 6) is 1.49. The highest BCUT2D eigenvalue weighted by Crippen LogP contribution is 2.32. The van der Waals surface area contributed by atoms with Gasteiger partial charge < -0.3 is 19.7 Å². The van der Waals surface area contributed by atoms with Crippen LogP contribution < -0.4 is 19.7 Å². The molecule has 2 aromatic rings. The number of benzene rings is 1. The highest BCUT2D eigenvalue weighted by atomic mass is 32.1. The first-order valence-corrected chi connectivity index (χ1v) is 10.0. The third kappa shape index (κ3) is 4.59. The molecule has 0 aliphatic carbocycles. The van der Waals surface area contributed by atoms with Crippen molar-refractivity contribution in [1.29, 1.82) is 5.26 Å². The Kier molecular flexibility index (Phi) is 6.32. The van der Waals surface area contributed by atoms with Crippen molar-refractivity contribution in [3.05, 3.63) is 40.3 Å². The minimum Gasteiger partial charge on any atom is -0.490 e. The zero-order valence-corrected chi connectivity index (χ0v) is 16.4. The van der Waals surface area contributed by atoms with E-state index in [-0.39, 0.29) is 5.91 Å². The number of nitriles is 1. The van der Waals surface area contributed by atoms with Crippen LogP contribution in [0.15, 0.2) is 23.6 Å². The lowest BCUT2D eigenvalue weighted by Gasteiger charge is -2.26. The Morgan fingerprint density at radius 2 is 1.96 bits per heavy atom. The summed E-state index contributed by atoms with van der Waals surface area (Å²) in [7, 11) is 0. The van der Waals surface area contributed by atoms with Crippen molar-refractivity contribution in [3.63, 3.8) is 0 Å². The molecule has 1 aromatic heterocycles. The molecule has 0 saturated carbocycles. The zero-order valence-electron chi connectivity index (χ0n) is 15.6. The van der Waals surface area contributed by atoms with Crippen LogP contribution in [0.2, 0.25) is 0 Å². The number of hydrogen-bond acceptors (Lipinski definition) is 5. The molecular formula is C20H24N3O3S+. The number of anilines is 1. The summed E-state index contributed by atoms with van der Waals surface area (Å²) in [6, 6.07) is 7.94. The largest absolute Gasteiger partial charge is 0.490 e. The number of ether oxygens (including phenoxy) is 2. The lowest BCUT2D eigenvalue weighted by Crippen LogP contribution is -3.12. The minimum atomic E-state index is -0.0663. The summed E-state index contributed by atoms with van der Waals surface area (Å²) in [5, 5.41) is 14.4. The van der Waals surface area contributed by atoms with E-state index in [1.54, 1.807) is 6.07 Å². The molecule has 0 saturated heterocycles. The molecule has 2 N–H and O–H groups in total. The standard InChI is InChI=1S/C20H23N3O3S/c1-3-25-17-9-14-5-7-23(12-16(14)10-18(17)26-4-2)13-19(24)22-20-15(11-21)6-8-27-20/h6,8-10H,3-5,7,12-13H2,1-2H3,(H,22,24)/p+1. The van der Waals surface area contributed by atoms with E-state index in [4.69, 9.17) is 14.7 Å². The average Bonchev–Trinajstić information content (AvgIpc) is 3.09. The van der Waals surface area contributed by atoms with E-state index in [9.17, 15) is 4.79 Å². The van der Waals surface area contributed by atoms with Crippen LogP contribution in [0.5, 0.6) is 11.5 Å². The van der Waals surface area contributed by atoms with E-state index in [1.807, 2.05) is 25.3 Å². The first-order valence-electron chi connectivity index (χ1n) is 9.17. The third-order valence-corrected chi connectivity index (χ3v) is 5.33. The molecular weight excluding hydrogens is 362 g/mol. The first kappa shape index (κ1) is 19.2. The minimum absolute atomic E-state index is 0.0663. The maximum absolute atomic E-state index is 12.4. The molecule has 0 spiro atoms. The van der Waals surface area contributed by atoms with Gasteiger partial charge >= 0.3 is 0 Å². The van der Waals surface area contributed by atoms with Gasteiger partial charge in [-0.3, -0.25) is 4.79 Å². The van der Waals surface area contributed by atoms with Crippen molar-refractivity contribution in [2.24, 2.45) is 0 Å². The Labute approximate surface area is 163 Å². The number of carbonyl (C=O) groups is 1. The van der Waals surface area contributed by atoms with Crippen LogP contribution in [0.4, 0.5) is 5.00 Å². The van der Waals surface area contributed by atoms with Crippen LogP contribution in [0, 0.1) is 11.3 Å². The van der Waals surface area contributed by atoms with Crippen LogP contribution in [-0.4, -0.2) is 32.2 Å². The zero-order chi connectivity index (χ0) is 19.2. The molecule has 1 aliphatic heterocycles. The van der Waals surface area contributed by atoms with Gasteiger partial charge in [0.2, 0.25) is 0 Å². The Hall–Kier alpha value is -2.56. The number of thiophene rings is 1. The Balaban J connectivity index is 1.67. The lowest BCUT2D eigenvalue weighted by molar-refractivity contribution is -0.907. The highest BCUT2D eigenvalue weighted by Gasteiger charge is 2.24. The van der Waals surface area contributed by atoms with E-state index in [1.165, 1.54) is 27.4 Å². The van der Waals surface area contributed by atoms with E-state index in [0.29, 0.717) is 30.3 Å². The predicted molar refractivity (Wildman–Crippen MR) is 105 cm³/mol. The molecule has 1 unspecified atom stereocenters. The molecule has 1 amide bonds. The molecule has 0 fully saturated rings. The summed E-state index contributed by atoms with van der Waals surface area (Å²) >= 11 is 1.37. The Bertz CT molecular complexity index is 857. The van der Waals surface area contributed by atoms with Crippen LogP contribution in [0.1, 0.15) is 30.5 Å². The summed E-state index contributed by atoms with van der Waals surface area (Å²) in [4.78, 5) is 13.6. The maximum atomic E-state index is 12.4. The maximum Gasteiger partial charge on any atom is 0.280 e. The van der Waals surface area contributed by atoms with Gasteiger partial charge in [0.25, 0.3) is 5.91 Å². The first-order chi connectivity index (χ1) is 13.1. The predicted octanol–water partition coefficient (Wildman–Crippen LogP) is 2.00. The topological polar surface area (TPSA) is 75.8 Å². The van der Waals surface area contributed by atoms with Gasteiger partial charge in [-0.2, -0.15) is 5.26 Å². The van der Waals surface area contributed by atoms with Gasteiger partial charge in [0, 0.05) is 12.0 Å². The van der Waals surface area contributed by atoms with E-state index >= 15 is 0 Å². The molecule has 2 heterocycles. The van der Waals surface area contributed by atoms with Crippen molar-refractivity contribution in [3.8, 4) is 17.6 Å². The number of hydrogen-bond donors (Lipinski definition) is 2. The molecule has 1 aromatic carbocycles. The fourth-order valence-electron chi connectivity index (χ4n) is 3.29. The highest BCUT2D eigenvalue weighted by molar-refractivity contribution is 7.14. The van der Waals surface area contributed by atoms with Crippen molar-refractivity contribution in [2.75, 3.05) is 31.6 Å². The number of quaternary nitrogens is 1. The summed E-state index contributed by atoms with van der Waals surface area (Å²) in [5.41, 5.74) is 2.97. The van der Waals surface area contributed by atoms with Crippen molar-refractivity contribution < 1.29 is 19.2 Å². The van der Waals surface area contributed by atoms with Crippen molar-refractivity contribution >= 4 is 22.2 Å². The fraction of sp³-hybridized carbons (Fsp3) is 0.400. The lowest BCUT2D eigenvalue weighted by atomic mass is 9.99. The Morgan fingerprint density at radius 1 is 1.26 bits per heavy atom. The molecule has 142 valence electrons. The Morgan fingerprint density at radius 3 is 2.63 bits per heavy atom. The monoisotopic (exact) mass is 386 g/mol. The molecule has 27 heavy (non-hydrogen) atoms. The quantitative estimate of drug-likeness (QED) is 0.763. The van der Waals surface area contributed by atoms with Gasteiger partial charge in [0.15, 0.2) is 18.0 Å². The fourth-order valence-corrected chi connectivity index (χ4v) is 4.04. The summed E-state index contributed by atoms with van der Waals surface area (Å²) in [6.45, 7) is 7.13. The van der Waals surface area contributed by atoms with E-state index < -0.39 is 0 Å². The van der Waals surface area contributed by atoms with Crippen LogP contribution in [-0.2, 0) is 17.8 Å². The van der Waals surface area contributed by atoms with Gasteiger partial charge in [-0.1, -0.05) is 0 Å². The number of nitrogens with one attached hydrogen (secondary N) is 2. The SMILES string of the molecule is CCOc1cc2c(cc1OCC)C[NH+](CC(=O)Nc1sccc1C#N)CC2. The average molecular weight is 386 g/mol. The molecule has 0 bridgehead atoms. The van der Waals surface area contributed by atoms with Crippen LogP contribution >= 0.6 is 11.3 Å². The molecule has 0 radical (unpaired) electrons. The molecule has 1 aliphatic rings.